The fourth-order valence-corrected chi connectivity index (χ4v) is 1.21. The van der Waals surface area contributed by atoms with Crippen LogP contribution >= 0.6 is 0 Å². The number of carboxylic acid groups (broad SMARTS) is 3. The van der Waals surface area contributed by atoms with Gasteiger partial charge in [0.15, 0.2) is 0 Å². The molecule has 1 rings (SSSR count). The van der Waals surface area contributed by atoms with Crippen LogP contribution in [0.15, 0.2) is 0 Å². The Hall–Kier alpha value is -0.630. The van der Waals surface area contributed by atoms with Crippen molar-refractivity contribution in [2.45, 2.75) is 12.1 Å². The molecule has 1 heterocycles. The predicted molar refractivity (Wildman–Crippen MR) is 38.2 cm³/mol. The van der Waals surface area contributed by atoms with Crippen molar-refractivity contribution in [3.8, 4) is 0 Å². The number of carboxylic acids is 3. The molecular formula is C6H8NNaO6. The monoisotopic (exact) mass is 213 g/mol. The molecule has 0 saturated carbocycles. The van der Waals surface area contributed by atoms with Gasteiger partial charge in [-0.05, 0) is 0 Å². The predicted octanol–water partition coefficient (Wildman–Crippen LogP) is -4.69. The average Bonchev–Trinajstić information content (AvgIpc) is 1.79. The van der Waals surface area contributed by atoms with Gasteiger partial charge in [-0.3, -0.25) is 19.7 Å². The van der Waals surface area contributed by atoms with Crippen molar-refractivity contribution in [3.05, 3.63) is 0 Å². The molecule has 0 aromatic carbocycles. The minimum absolute atomic E-state index is 0. The summed E-state index contributed by atoms with van der Waals surface area (Å²) in [7, 11) is 0. The topological polar surface area (TPSA) is 124 Å². The van der Waals surface area contributed by atoms with Gasteiger partial charge in [-0.2, -0.15) is 0 Å². The summed E-state index contributed by atoms with van der Waals surface area (Å²) in [5.74, 6) is -5.52. The molecule has 0 aliphatic carbocycles. The normalized spacial score (nSPS) is 29.6. The molecule has 0 aromatic rings. The van der Waals surface area contributed by atoms with Crippen LogP contribution in [0.1, 0.15) is 1.43 Å². The quantitative estimate of drug-likeness (QED) is 0.347. The summed E-state index contributed by atoms with van der Waals surface area (Å²) in [6, 6.07) is -2.61. The van der Waals surface area contributed by atoms with Gasteiger partial charge < -0.3 is 16.7 Å². The average molecular weight is 213 g/mol. The molecule has 7 nitrogen and oxygen atoms in total. The first kappa shape index (κ1) is 13.4. The molecule has 74 valence electrons. The number of rotatable bonds is 3. The first-order valence-electron chi connectivity index (χ1n) is 3.39. The van der Waals surface area contributed by atoms with Crippen LogP contribution in [0.5, 0.6) is 0 Å². The number of carbonyl (C=O) groups is 3. The molecule has 0 spiro atoms. The third kappa shape index (κ3) is 2.24. The van der Waals surface area contributed by atoms with E-state index < -0.39 is 35.9 Å². The van der Waals surface area contributed by atoms with E-state index in [1.165, 1.54) is 0 Å². The third-order valence-corrected chi connectivity index (χ3v) is 1.89. The Balaban J connectivity index is 0. The van der Waals surface area contributed by atoms with Gasteiger partial charge in [0.2, 0.25) is 0 Å². The molecule has 0 radical (unpaired) electrons. The molecule has 0 aromatic heterocycles. The molecule has 8 heteroatoms. The van der Waals surface area contributed by atoms with Gasteiger partial charge in [-0.1, -0.05) is 0 Å². The van der Waals surface area contributed by atoms with E-state index in [2.05, 4.69) is 5.32 Å². The van der Waals surface area contributed by atoms with Gasteiger partial charge in [-0.25, -0.2) is 0 Å². The first-order chi connectivity index (χ1) is 5.95. The minimum atomic E-state index is -1.42. The SMILES string of the molecule is O=C(O)C1NC(C(=O)O)C1C(=O)O.[H-].[Na+]. The van der Waals surface area contributed by atoms with Crippen molar-refractivity contribution in [3.63, 3.8) is 0 Å². The summed E-state index contributed by atoms with van der Waals surface area (Å²) in [5, 5.41) is 27.5. The van der Waals surface area contributed by atoms with Gasteiger partial charge >= 0.3 is 47.5 Å². The van der Waals surface area contributed by atoms with E-state index >= 15 is 0 Å². The Labute approximate surface area is 102 Å². The summed E-state index contributed by atoms with van der Waals surface area (Å²) < 4.78 is 0. The summed E-state index contributed by atoms with van der Waals surface area (Å²) in [6.45, 7) is 0. The molecule has 14 heavy (non-hydrogen) atoms. The Morgan fingerprint density at radius 2 is 1.29 bits per heavy atom. The summed E-state index contributed by atoms with van der Waals surface area (Å²) >= 11 is 0. The molecule has 1 aliphatic rings. The maximum absolute atomic E-state index is 10.4. The zero-order valence-corrected chi connectivity index (χ0v) is 9.30. The van der Waals surface area contributed by atoms with Gasteiger partial charge in [0.05, 0.1) is 0 Å². The van der Waals surface area contributed by atoms with E-state index in [4.69, 9.17) is 15.3 Å². The second-order valence-electron chi connectivity index (χ2n) is 2.66. The van der Waals surface area contributed by atoms with Crippen molar-refractivity contribution < 1.29 is 60.7 Å². The van der Waals surface area contributed by atoms with Gasteiger partial charge in [0, 0.05) is 0 Å². The molecule has 0 amide bonds. The van der Waals surface area contributed by atoms with E-state index in [1.807, 2.05) is 0 Å². The number of hydrogen-bond donors (Lipinski definition) is 4. The van der Waals surface area contributed by atoms with Gasteiger partial charge in [0.1, 0.15) is 18.0 Å². The van der Waals surface area contributed by atoms with Gasteiger partial charge in [0.25, 0.3) is 0 Å². The molecule has 2 atom stereocenters. The van der Waals surface area contributed by atoms with Crippen molar-refractivity contribution >= 4 is 17.9 Å². The largest absolute Gasteiger partial charge is 1.00 e. The molecular weight excluding hydrogens is 205 g/mol. The third-order valence-electron chi connectivity index (χ3n) is 1.89. The van der Waals surface area contributed by atoms with Gasteiger partial charge in [-0.15, -0.1) is 0 Å². The van der Waals surface area contributed by atoms with Crippen molar-refractivity contribution in [2.24, 2.45) is 5.92 Å². The van der Waals surface area contributed by atoms with Crippen molar-refractivity contribution in [1.82, 2.24) is 5.32 Å². The minimum Gasteiger partial charge on any atom is -1.00 e. The van der Waals surface area contributed by atoms with Crippen LogP contribution in [0.4, 0.5) is 0 Å². The van der Waals surface area contributed by atoms with Crippen LogP contribution in [0.25, 0.3) is 0 Å². The maximum atomic E-state index is 10.4. The second-order valence-corrected chi connectivity index (χ2v) is 2.66. The first-order valence-corrected chi connectivity index (χ1v) is 3.39. The molecule has 1 aliphatic heterocycles. The smallest absolute Gasteiger partial charge is 1.00 e. The van der Waals surface area contributed by atoms with Crippen molar-refractivity contribution in [2.75, 3.05) is 0 Å². The number of nitrogens with one attached hydrogen (secondary N) is 1. The Kier molecular flexibility index (Phi) is 4.53. The molecule has 1 fully saturated rings. The molecule has 4 N–H and O–H groups in total. The Morgan fingerprint density at radius 3 is 1.50 bits per heavy atom. The summed E-state index contributed by atoms with van der Waals surface area (Å²) in [6.07, 6.45) is 0. The Bertz CT molecular complexity index is 265. The molecule has 1 saturated heterocycles. The van der Waals surface area contributed by atoms with E-state index in [-0.39, 0.29) is 31.0 Å². The maximum Gasteiger partial charge on any atom is 1.00 e. The van der Waals surface area contributed by atoms with E-state index in [9.17, 15) is 14.4 Å². The zero-order chi connectivity index (χ0) is 10.2. The van der Waals surface area contributed by atoms with Crippen LogP contribution in [-0.4, -0.2) is 45.3 Å². The number of aliphatic carboxylic acids is 3. The van der Waals surface area contributed by atoms with E-state index in [0.717, 1.165) is 0 Å². The Morgan fingerprint density at radius 1 is 0.929 bits per heavy atom. The van der Waals surface area contributed by atoms with E-state index in [1.54, 1.807) is 0 Å². The van der Waals surface area contributed by atoms with Crippen LogP contribution in [0.3, 0.4) is 0 Å². The fourth-order valence-electron chi connectivity index (χ4n) is 1.21. The number of hydrogen-bond acceptors (Lipinski definition) is 4. The van der Waals surface area contributed by atoms with Crippen LogP contribution in [0, 0.1) is 5.92 Å². The fraction of sp³-hybridized carbons (Fsp3) is 0.500. The molecule has 2 unspecified atom stereocenters. The van der Waals surface area contributed by atoms with E-state index in [0.29, 0.717) is 0 Å². The second kappa shape index (κ2) is 4.74. The van der Waals surface area contributed by atoms with Crippen molar-refractivity contribution in [1.29, 1.82) is 0 Å². The summed E-state index contributed by atoms with van der Waals surface area (Å²) in [4.78, 5) is 31.1. The zero-order valence-electron chi connectivity index (χ0n) is 8.30. The van der Waals surface area contributed by atoms with Crippen LogP contribution < -0.4 is 34.9 Å². The molecule has 0 bridgehead atoms. The standard InChI is InChI=1S/C6H7NO6.Na.H/c8-4(9)1-2(5(10)11)7-3(1)6(12)13;;/h1-3,7H,(H,8,9)(H,10,11)(H,12,13);;/q;+1;-1. The van der Waals surface area contributed by atoms with Crippen LogP contribution in [0.2, 0.25) is 0 Å². The summed E-state index contributed by atoms with van der Waals surface area (Å²) in [5.41, 5.74) is 0. The van der Waals surface area contributed by atoms with Crippen LogP contribution in [-0.2, 0) is 14.4 Å².